The number of carbonyl (C=O) groups is 3. The minimum Gasteiger partial charge on any atom is -0.465 e. The van der Waals surface area contributed by atoms with Crippen molar-refractivity contribution in [2.24, 2.45) is 11.8 Å². The quantitative estimate of drug-likeness (QED) is 0.153. The van der Waals surface area contributed by atoms with Crippen molar-refractivity contribution in [1.29, 1.82) is 0 Å². The molecular formula is C26H39BrN2O6. The van der Waals surface area contributed by atoms with Crippen LogP contribution in [-0.2, 0) is 23.9 Å². The molecule has 1 spiro atoms. The van der Waals surface area contributed by atoms with E-state index in [1.165, 1.54) is 4.90 Å². The van der Waals surface area contributed by atoms with E-state index in [4.69, 9.17) is 9.47 Å². The largest absolute Gasteiger partial charge is 0.465 e. The first-order valence-electron chi connectivity index (χ1n) is 12.7. The Kier molecular flexibility index (Phi) is 9.57. The van der Waals surface area contributed by atoms with E-state index in [1.807, 2.05) is 0 Å². The summed E-state index contributed by atoms with van der Waals surface area (Å²) in [7, 11) is 0. The van der Waals surface area contributed by atoms with E-state index in [0.717, 1.165) is 25.7 Å². The van der Waals surface area contributed by atoms with Crippen LogP contribution in [0.2, 0.25) is 0 Å². The third-order valence-corrected chi connectivity index (χ3v) is 8.31. The molecule has 3 heterocycles. The van der Waals surface area contributed by atoms with Gasteiger partial charge in [0.25, 0.3) is 0 Å². The van der Waals surface area contributed by atoms with E-state index >= 15 is 0 Å². The summed E-state index contributed by atoms with van der Waals surface area (Å²) >= 11 is 3.65. The first-order valence-corrected chi connectivity index (χ1v) is 13.6. The molecule has 8 nitrogen and oxygen atoms in total. The zero-order valence-corrected chi connectivity index (χ0v) is 22.5. The van der Waals surface area contributed by atoms with Gasteiger partial charge in [0, 0.05) is 17.9 Å². The van der Waals surface area contributed by atoms with Crippen LogP contribution in [0.3, 0.4) is 0 Å². The van der Waals surface area contributed by atoms with Crippen LogP contribution in [0.15, 0.2) is 25.3 Å². The molecule has 3 rings (SSSR count). The van der Waals surface area contributed by atoms with Gasteiger partial charge >= 0.3 is 5.97 Å². The minimum absolute atomic E-state index is 0.190. The van der Waals surface area contributed by atoms with Crippen molar-refractivity contribution in [1.82, 2.24) is 9.80 Å². The lowest BCUT2D eigenvalue weighted by Crippen LogP contribution is -2.58. The lowest BCUT2D eigenvalue weighted by Gasteiger charge is -2.38. The third-order valence-electron chi connectivity index (χ3n) is 7.46. The summed E-state index contributed by atoms with van der Waals surface area (Å²) in [5, 5.41) is 9.97. The second-order valence-corrected chi connectivity index (χ2v) is 11.0. The molecule has 1 N–H and O–H groups in total. The number of amides is 2. The first-order chi connectivity index (χ1) is 16.8. The summed E-state index contributed by atoms with van der Waals surface area (Å²) in [6.45, 7) is 12.1. The summed E-state index contributed by atoms with van der Waals surface area (Å²) in [6, 6.07) is -1.52. The molecule has 35 heavy (non-hydrogen) atoms. The average molecular weight is 556 g/mol. The Morgan fingerprint density at radius 3 is 2.71 bits per heavy atom. The van der Waals surface area contributed by atoms with Crippen LogP contribution in [0, 0.1) is 11.8 Å². The number of ether oxygens (including phenoxy) is 2. The van der Waals surface area contributed by atoms with Crippen LogP contribution in [0.4, 0.5) is 0 Å². The number of allylic oxidation sites excluding steroid dienone is 1. The molecule has 3 aliphatic heterocycles. The third kappa shape index (κ3) is 5.09. The molecule has 0 aliphatic carbocycles. The lowest BCUT2D eigenvalue weighted by molar-refractivity contribution is -0.156. The highest BCUT2D eigenvalue weighted by Crippen LogP contribution is 2.60. The first kappa shape index (κ1) is 27.9. The second kappa shape index (κ2) is 12.0. The van der Waals surface area contributed by atoms with Crippen molar-refractivity contribution in [3.63, 3.8) is 0 Å². The number of hydrogen-bond acceptors (Lipinski definition) is 6. The zero-order chi connectivity index (χ0) is 25.8. The van der Waals surface area contributed by atoms with Gasteiger partial charge in [0.1, 0.15) is 11.6 Å². The highest BCUT2D eigenvalue weighted by Gasteiger charge is 2.77. The Morgan fingerprint density at radius 1 is 1.34 bits per heavy atom. The van der Waals surface area contributed by atoms with Gasteiger partial charge in [-0.25, -0.2) is 0 Å². The van der Waals surface area contributed by atoms with Gasteiger partial charge in [0.15, 0.2) is 0 Å². The number of halogens is 1. The number of alkyl halides is 1. The van der Waals surface area contributed by atoms with Crippen LogP contribution in [0.25, 0.3) is 0 Å². The maximum atomic E-state index is 14.0. The van der Waals surface area contributed by atoms with Crippen LogP contribution in [0.1, 0.15) is 52.4 Å². The predicted molar refractivity (Wildman–Crippen MR) is 136 cm³/mol. The molecule has 0 aromatic heterocycles. The normalized spacial score (nSPS) is 31.8. The number of esters is 1. The van der Waals surface area contributed by atoms with Gasteiger partial charge in [-0.3, -0.25) is 14.4 Å². The topological polar surface area (TPSA) is 96.4 Å². The number of rotatable bonds is 14. The minimum atomic E-state index is -1.15. The fourth-order valence-electron chi connectivity index (χ4n) is 5.85. The zero-order valence-electron chi connectivity index (χ0n) is 20.9. The Labute approximate surface area is 216 Å². The second-order valence-electron chi connectivity index (χ2n) is 9.82. The highest BCUT2D eigenvalue weighted by molar-refractivity contribution is 9.09. The molecule has 3 fully saturated rings. The molecule has 3 aliphatic rings. The summed E-state index contributed by atoms with van der Waals surface area (Å²) in [5.41, 5.74) is -1.15. The maximum Gasteiger partial charge on any atom is 0.312 e. The number of aliphatic hydroxyl groups is 1. The summed E-state index contributed by atoms with van der Waals surface area (Å²) in [5.74, 6) is -2.65. The molecule has 3 saturated heterocycles. The van der Waals surface area contributed by atoms with Crippen LogP contribution < -0.4 is 0 Å². The number of unbranched alkanes of at least 4 members (excludes halogenated alkanes) is 3. The van der Waals surface area contributed by atoms with Crippen LogP contribution >= 0.6 is 15.9 Å². The van der Waals surface area contributed by atoms with Crippen molar-refractivity contribution >= 4 is 33.7 Å². The van der Waals surface area contributed by atoms with Crippen molar-refractivity contribution in [2.45, 2.75) is 81.0 Å². The van der Waals surface area contributed by atoms with Crippen molar-refractivity contribution < 1.29 is 29.0 Å². The number of fused-ring (bicyclic) bond motifs is 1. The van der Waals surface area contributed by atoms with Crippen molar-refractivity contribution in [3.8, 4) is 0 Å². The molecule has 2 amide bonds. The molecule has 9 heteroatoms. The summed E-state index contributed by atoms with van der Waals surface area (Å²) in [4.78, 5) is 44.0. The van der Waals surface area contributed by atoms with Gasteiger partial charge in [0.2, 0.25) is 11.8 Å². The van der Waals surface area contributed by atoms with E-state index in [1.54, 1.807) is 24.0 Å². The number of aliphatic hydroxyl groups excluding tert-OH is 1. The summed E-state index contributed by atoms with van der Waals surface area (Å²) in [6.07, 6.45) is 7.53. The number of nitrogens with zero attached hydrogens (tertiary/aromatic N) is 2. The van der Waals surface area contributed by atoms with E-state index in [0.29, 0.717) is 25.9 Å². The molecule has 7 atom stereocenters. The van der Waals surface area contributed by atoms with E-state index in [2.05, 4.69) is 36.0 Å². The maximum absolute atomic E-state index is 14.0. The molecule has 0 aromatic carbocycles. The van der Waals surface area contributed by atoms with E-state index in [-0.39, 0.29) is 29.9 Å². The molecule has 0 radical (unpaired) electrons. The molecule has 3 unspecified atom stereocenters. The molecule has 196 valence electrons. The number of likely N-dealkylation sites (tertiary alicyclic amines) is 1. The number of hydrogen-bond donors (Lipinski definition) is 1. The fourth-order valence-corrected chi connectivity index (χ4v) is 6.79. The van der Waals surface area contributed by atoms with Crippen molar-refractivity contribution in [3.05, 3.63) is 25.3 Å². The number of carbonyl (C=O) groups excluding carboxylic acids is 3. The molecular weight excluding hydrogens is 516 g/mol. The Bertz CT molecular complexity index is 822. The van der Waals surface area contributed by atoms with Crippen LogP contribution in [0.5, 0.6) is 0 Å². The van der Waals surface area contributed by atoms with Gasteiger partial charge in [-0.1, -0.05) is 47.8 Å². The van der Waals surface area contributed by atoms with Gasteiger partial charge in [-0.15, -0.1) is 13.2 Å². The standard InChI is InChI=1S/C26H39BrN2O6/c1-5-8-10-13-28(12-7-3)24(32)22-26-15-18(27)21(35-26)19(25(33)34-14-11-9-6-2)20(26)23(31)29(22)17(4)16-30/h6-7,17-22,30H,2-3,5,8-16H2,1,4H3/t17-,18?,19-,20+,21-,22?,26?/m1/s1. The van der Waals surface area contributed by atoms with Crippen LogP contribution in [-0.4, -0.2) is 87.6 Å². The molecule has 0 aromatic rings. The Balaban J connectivity index is 1.96. The molecule has 2 bridgehead atoms. The SMILES string of the molecule is C=CCCCOC(=O)[C@H]1[C@@H]2OC3(CC2Br)C(C(=O)N(CC=C)CCCCC)N([C@H](C)CO)C(=O)[C@H]13. The summed E-state index contributed by atoms with van der Waals surface area (Å²) < 4.78 is 12.0. The van der Waals surface area contributed by atoms with Crippen molar-refractivity contribution in [2.75, 3.05) is 26.3 Å². The van der Waals surface area contributed by atoms with Gasteiger partial charge in [0.05, 0.1) is 37.2 Å². The Morgan fingerprint density at radius 2 is 2.09 bits per heavy atom. The van der Waals surface area contributed by atoms with Gasteiger partial charge in [-0.2, -0.15) is 0 Å². The van der Waals surface area contributed by atoms with E-state index in [9.17, 15) is 19.5 Å². The average Bonchev–Trinajstić information content (AvgIpc) is 3.43. The predicted octanol–water partition coefficient (Wildman–Crippen LogP) is 2.83. The Hall–Kier alpha value is -1.71. The monoisotopic (exact) mass is 554 g/mol. The highest BCUT2D eigenvalue weighted by atomic mass is 79.9. The van der Waals surface area contributed by atoms with E-state index < -0.39 is 41.6 Å². The van der Waals surface area contributed by atoms with Gasteiger partial charge < -0.3 is 24.4 Å². The fraction of sp³-hybridized carbons (Fsp3) is 0.731. The lowest BCUT2D eigenvalue weighted by atomic mass is 9.70. The van der Waals surface area contributed by atoms with Gasteiger partial charge in [-0.05, 0) is 32.6 Å². The smallest absolute Gasteiger partial charge is 0.312 e. The molecule has 0 saturated carbocycles.